The maximum Gasteiger partial charge on any atom is 0.251 e. The van der Waals surface area contributed by atoms with Crippen molar-refractivity contribution in [2.45, 2.75) is 19.4 Å². The molecule has 1 atom stereocenters. The fraction of sp³-hybridized carbons (Fsp3) is 0.348. The number of nitrogens with zero attached hydrogens (tertiary/aromatic N) is 3. The van der Waals surface area contributed by atoms with Gasteiger partial charge >= 0.3 is 0 Å². The Morgan fingerprint density at radius 3 is 2.27 bits per heavy atom. The second-order valence-electron chi connectivity index (χ2n) is 7.59. The van der Waals surface area contributed by atoms with Gasteiger partial charge in [0.1, 0.15) is 5.75 Å². The van der Waals surface area contributed by atoms with Crippen molar-refractivity contribution in [3.05, 3.63) is 54.1 Å². The topological polar surface area (TPSA) is 70.2 Å². The first-order valence-electron chi connectivity index (χ1n) is 10.1. The van der Waals surface area contributed by atoms with E-state index >= 15 is 0 Å². The molecule has 7 nitrogen and oxygen atoms in total. The van der Waals surface area contributed by atoms with Crippen LogP contribution in [0.5, 0.6) is 5.75 Å². The van der Waals surface area contributed by atoms with E-state index in [1.807, 2.05) is 24.3 Å². The molecule has 2 heterocycles. The summed E-state index contributed by atoms with van der Waals surface area (Å²) in [5.74, 6) is 0.388. The maximum absolute atomic E-state index is 13.0. The summed E-state index contributed by atoms with van der Waals surface area (Å²) in [6.45, 7) is 4.39. The Kier molecular flexibility index (Phi) is 5.55. The number of piperazine rings is 1. The van der Waals surface area contributed by atoms with Crippen molar-refractivity contribution in [1.29, 1.82) is 0 Å². The lowest BCUT2D eigenvalue weighted by Crippen LogP contribution is -2.52. The number of ketones is 1. The zero-order chi connectivity index (χ0) is 21.3. The van der Waals surface area contributed by atoms with Crippen LogP contribution in [0.3, 0.4) is 0 Å². The number of carbonyl (C=O) groups is 3. The molecule has 4 rings (SSSR count). The van der Waals surface area contributed by atoms with Crippen LogP contribution in [0.4, 0.5) is 11.4 Å². The molecule has 2 aliphatic heterocycles. The average molecular weight is 407 g/mol. The molecule has 0 bridgehead atoms. The smallest absolute Gasteiger partial charge is 0.251 e. The Hall–Kier alpha value is -3.19. The maximum atomic E-state index is 13.0. The highest BCUT2D eigenvalue weighted by molar-refractivity contribution is 6.22. The van der Waals surface area contributed by atoms with Crippen LogP contribution in [0.15, 0.2) is 48.5 Å². The molecule has 156 valence electrons. The molecule has 0 spiro atoms. The predicted octanol–water partition coefficient (Wildman–Crippen LogP) is 2.35. The summed E-state index contributed by atoms with van der Waals surface area (Å²) >= 11 is 0. The van der Waals surface area contributed by atoms with Gasteiger partial charge in [-0.05, 0) is 43.3 Å². The van der Waals surface area contributed by atoms with Crippen molar-refractivity contribution in [2.24, 2.45) is 0 Å². The lowest BCUT2D eigenvalue weighted by Gasteiger charge is -2.38. The van der Waals surface area contributed by atoms with Crippen LogP contribution in [0.25, 0.3) is 0 Å². The van der Waals surface area contributed by atoms with Gasteiger partial charge < -0.3 is 9.64 Å². The van der Waals surface area contributed by atoms with Gasteiger partial charge in [-0.25, -0.2) is 4.90 Å². The molecule has 2 aromatic carbocycles. The highest BCUT2D eigenvalue weighted by Gasteiger charge is 2.43. The summed E-state index contributed by atoms with van der Waals surface area (Å²) < 4.78 is 5.46. The van der Waals surface area contributed by atoms with Crippen LogP contribution in [0.2, 0.25) is 0 Å². The summed E-state index contributed by atoms with van der Waals surface area (Å²) in [6.07, 6.45) is 0.182. The van der Waals surface area contributed by atoms with Gasteiger partial charge in [0.25, 0.3) is 5.91 Å². The highest BCUT2D eigenvalue weighted by Crippen LogP contribution is 2.30. The Balaban J connectivity index is 1.44. The molecule has 0 aromatic heterocycles. The van der Waals surface area contributed by atoms with E-state index in [0.717, 1.165) is 24.5 Å². The molecule has 0 N–H and O–H groups in total. The molecule has 0 unspecified atom stereocenters. The quantitative estimate of drug-likeness (QED) is 0.560. The van der Waals surface area contributed by atoms with Gasteiger partial charge in [-0.3, -0.25) is 19.3 Å². The Labute approximate surface area is 175 Å². The summed E-state index contributed by atoms with van der Waals surface area (Å²) in [5, 5.41) is 0. The minimum atomic E-state index is -0.440. The summed E-state index contributed by atoms with van der Waals surface area (Å²) in [7, 11) is 1.66. The molecule has 0 aliphatic carbocycles. The third-order valence-corrected chi connectivity index (χ3v) is 5.84. The standard InChI is InChI=1S/C23H25N3O4/c1-16(27)17-7-9-18(10-8-17)26-22(28)15-20(23(26)29)25-13-11-24(12-14-25)19-5-3-4-6-21(19)30-2/h3-10,20H,11-15H2,1-2H3/t20-/m0/s1. The summed E-state index contributed by atoms with van der Waals surface area (Å²) in [6, 6.07) is 14.1. The van der Waals surface area contributed by atoms with Crippen molar-refractivity contribution in [3.63, 3.8) is 0 Å². The average Bonchev–Trinajstić information content (AvgIpc) is 3.07. The van der Waals surface area contributed by atoms with Crippen LogP contribution in [-0.4, -0.2) is 61.8 Å². The van der Waals surface area contributed by atoms with Crippen molar-refractivity contribution < 1.29 is 19.1 Å². The first-order valence-corrected chi connectivity index (χ1v) is 10.1. The SMILES string of the molecule is COc1ccccc1N1CCN([C@H]2CC(=O)N(c3ccc(C(C)=O)cc3)C2=O)CC1. The highest BCUT2D eigenvalue weighted by atomic mass is 16.5. The van der Waals surface area contributed by atoms with Gasteiger partial charge in [-0.1, -0.05) is 12.1 Å². The molecule has 2 saturated heterocycles. The number of imide groups is 1. The van der Waals surface area contributed by atoms with Crippen LogP contribution >= 0.6 is 0 Å². The van der Waals surface area contributed by atoms with E-state index < -0.39 is 6.04 Å². The fourth-order valence-electron chi connectivity index (χ4n) is 4.18. The minimum Gasteiger partial charge on any atom is -0.495 e. The molecule has 2 amide bonds. The third kappa shape index (κ3) is 3.68. The van der Waals surface area contributed by atoms with Gasteiger partial charge in [0.15, 0.2) is 5.78 Å². The molecule has 30 heavy (non-hydrogen) atoms. The molecule has 2 aliphatic rings. The number of methoxy groups -OCH3 is 1. The second kappa shape index (κ2) is 8.28. The number of benzene rings is 2. The summed E-state index contributed by atoms with van der Waals surface area (Å²) in [5.41, 5.74) is 2.12. The Morgan fingerprint density at radius 1 is 0.967 bits per heavy atom. The lowest BCUT2D eigenvalue weighted by atomic mass is 10.1. The molecular weight excluding hydrogens is 382 g/mol. The first kappa shape index (κ1) is 20.1. The number of carbonyl (C=O) groups excluding carboxylic acids is 3. The van der Waals surface area contributed by atoms with E-state index in [1.165, 1.54) is 11.8 Å². The lowest BCUT2D eigenvalue weighted by molar-refractivity contribution is -0.123. The Morgan fingerprint density at radius 2 is 1.63 bits per heavy atom. The number of hydrogen-bond acceptors (Lipinski definition) is 6. The van der Waals surface area contributed by atoms with E-state index in [-0.39, 0.29) is 24.0 Å². The molecule has 0 radical (unpaired) electrons. The predicted molar refractivity (Wildman–Crippen MR) is 114 cm³/mol. The number of ether oxygens (including phenoxy) is 1. The fourth-order valence-corrected chi connectivity index (χ4v) is 4.18. The van der Waals surface area contributed by atoms with Gasteiger partial charge in [0, 0.05) is 31.7 Å². The van der Waals surface area contributed by atoms with E-state index in [0.29, 0.717) is 24.3 Å². The van der Waals surface area contributed by atoms with Gasteiger partial charge in [-0.15, -0.1) is 0 Å². The number of para-hydroxylation sites is 2. The van der Waals surface area contributed by atoms with Crippen molar-refractivity contribution in [3.8, 4) is 5.75 Å². The largest absolute Gasteiger partial charge is 0.495 e. The minimum absolute atomic E-state index is 0.0496. The van der Waals surface area contributed by atoms with Crippen molar-refractivity contribution in [1.82, 2.24) is 4.90 Å². The zero-order valence-corrected chi connectivity index (χ0v) is 17.2. The van der Waals surface area contributed by atoms with Crippen molar-refractivity contribution >= 4 is 29.0 Å². The van der Waals surface area contributed by atoms with E-state index in [1.54, 1.807) is 31.4 Å². The third-order valence-electron chi connectivity index (χ3n) is 5.84. The number of anilines is 2. The molecule has 7 heteroatoms. The van der Waals surface area contributed by atoms with Crippen LogP contribution in [-0.2, 0) is 9.59 Å². The van der Waals surface area contributed by atoms with Crippen LogP contribution in [0, 0.1) is 0 Å². The molecule has 2 fully saturated rings. The van der Waals surface area contributed by atoms with E-state index in [9.17, 15) is 14.4 Å². The number of amides is 2. The number of hydrogen-bond donors (Lipinski definition) is 0. The normalized spacial score (nSPS) is 20.0. The van der Waals surface area contributed by atoms with E-state index in [4.69, 9.17) is 4.74 Å². The zero-order valence-electron chi connectivity index (χ0n) is 17.2. The first-order chi connectivity index (χ1) is 14.5. The number of rotatable bonds is 5. The van der Waals surface area contributed by atoms with Crippen LogP contribution < -0.4 is 14.5 Å². The second-order valence-corrected chi connectivity index (χ2v) is 7.59. The number of Topliss-reactive ketones (excluding diaryl/α,β-unsaturated/α-hetero) is 1. The summed E-state index contributed by atoms with van der Waals surface area (Å²) in [4.78, 5) is 42.7. The molecular formula is C23H25N3O4. The molecule has 2 aromatic rings. The van der Waals surface area contributed by atoms with E-state index in [2.05, 4.69) is 9.80 Å². The van der Waals surface area contributed by atoms with Gasteiger partial charge in [-0.2, -0.15) is 0 Å². The molecule has 0 saturated carbocycles. The van der Waals surface area contributed by atoms with Gasteiger partial charge in [0.2, 0.25) is 5.91 Å². The van der Waals surface area contributed by atoms with Crippen molar-refractivity contribution in [2.75, 3.05) is 43.1 Å². The van der Waals surface area contributed by atoms with Gasteiger partial charge in [0.05, 0.1) is 30.9 Å². The van der Waals surface area contributed by atoms with Crippen LogP contribution in [0.1, 0.15) is 23.7 Å². The Bertz CT molecular complexity index is 965. The monoisotopic (exact) mass is 407 g/mol.